The van der Waals surface area contributed by atoms with Crippen LogP contribution in [0.4, 0.5) is 0 Å². The van der Waals surface area contributed by atoms with Crippen molar-refractivity contribution >= 4 is 5.97 Å². The first-order valence-electron chi connectivity index (χ1n) is 15.2. The van der Waals surface area contributed by atoms with E-state index < -0.39 is 5.97 Å². The summed E-state index contributed by atoms with van der Waals surface area (Å²) in [7, 11) is 2.10. The Balaban J connectivity index is 1.13. The van der Waals surface area contributed by atoms with Crippen molar-refractivity contribution in [2.24, 2.45) is 5.92 Å². The Kier molecular flexibility index (Phi) is 7.06. The number of ether oxygens (including phenoxy) is 1. The zero-order valence-electron chi connectivity index (χ0n) is 24.3. The van der Waals surface area contributed by atoms with Crippen molar-refractivity contribution in [3.05, 3.63) is 77.9 Å². The predicted octanol–water partition coefficient (Wildman–Crippen LogP) is 5.93. The van der Waals surface area contributed by atoms with Crippen molar-refractivity contribution in [2.75, 3.05) is 20.1 Å². The molecule has 0 bridgehead atoms. The monoisotopic (exact) mass is 566 g/mol. The summed E-state index contributed by atoms with van der Waals surface area (Å²) in [6, 6.07) is 16.8. The molecule has 4 aromatic rings. The number of carboxylic acids is 1. The summed E-state index contributed by atoms with van der Waals surface area (Å²) in [5.41, 5.74) is 4.81. The maximum atomic E-state index is 12.2. The Morgan fingerprint density at radius 1 is 1.02 bits per heavy atom. The molecule has 1 aliphatic heterocycles. The Hall–Kier alpha value is -3.98. The predicted molar refractivity (Wildman–Crippen MR) is 159 cm³/mol. The van der Waals surface area contributed by atoms with E-state index in [9.17, 15) is 9.90 Å². The van der Waals surface area contributed by atoms with E-state index in [0.29, 0.717) is 12.0 Å². The summed E-state index contributed by atoms with van der Waals surface area (Å²) in [5, 5.41) is 23.4. The molecule has 2 saturated carbocycles. The number of aromatic carboxylic acids is 1. The highest BCUT2D eigenvalue weighted by atomic mass is 16.5. The molecule has 0 radical (unpaired) electrons. The van der Waals surface area contributed by atoms with E-state index >= 15 is 0 Å². The van der Waals surface area contributed by atoms with E-state index in [0.717, 1.165) is 53.5 Å². The van der Waals surface area contributed by atoms with Gasteiger partial charge < -0.3 is 14.7 Å². The van der Waals surface area contributed by atoms with E-state index in [1.54, 1.807) is 4.68 Å². The molecule has 2 aliphatic carbocycles. The summed E-state index contributed by atoms with van der Waals surface area (Å²) in [4.78, 5) is 14.5. The smallest absolute Gasteiger partial charge is 0.339 e. The van der Waals surface area contributed by atoms with Gasteiger partial charge in [-0.05, 0) is 74.5 Å². The standard InChI is InChI=1S/C33H38N6O3/c1-21(22-8-4-3-5-9-22)42-27-13-7-11-24(15-27)23-10-6-12-25(14-23)39-32(30(17-34-39)33(40)41)29-16-28(29)31-20-38(36-35-31)26-18-37(2)19-26/h6-7,10-15,17,20-22,26,28-29H,3-5,8-9,16,18-19H2,1-2H3,(H,40,41)/t21-,28+,29+/m0/s1. The van der Waals surface area contributed by atoms with Crippen molar-refractivity contribution in [1.82, 2.24) is 29.7 Å². The summed E-state index contributed by atoms with van der Waals surface area (Å²) in [6.07, 6.45) is 10.9. The Morgan fingerprint density at radius 2 is 1.79 bits per heavy atom. The van der Waals surface area contributed by atoms with Gasteiger partial charge >= 0.3 is 5.97 Å². The fourth-order valence-corrected chi connectivity index (χ4v) is 6.86. The van der Waals surface area contributed by atoms with Gasteiger partial charge in [-0.25, -0.2) is 14.2 Å². The van der Waals surface area contributed by atoms with Crippen molar-refractivity contribution in [3.8, 4) is 22.6 Å². The van der Waals surface area contributed by atoms with Crippen LogP contribution in [0.25, 0.3) is 16.8 Å². The van der Waals surface area contributed by atoms with Crippen molar-refractivity contribution < 1.29 is 14.6 Å². The highest BCUT2D eigenvalue weighted by Crippen LogP contribution is 2.55. The van der Waals surface area contributed by atoms with Crippen LogP contribution in [0.5, 0.6) is 5.75 Å². The fourth-order valence-electron chi connectivity index (χ4n) is 6.86. The second-order valence-electron chi connectivity index (χ2n) is 12.4. The topological polar surface area (TPSA) is 98.3 Å². The lowest BCUT2D eigenvalue weighted by Gasteiger charge is -2.35. The lowest BCUT2D eigenvalue weighted by molar-refractivity contribution is 0.0695. The number of aromatic nitrogens is 5. The summed E-state index contributed by atoms with van der Waals surface area (Å²) < 4.78 is 10.2. The highest BCUT2D eigenvalue weighted by Gasteiger charge is 2.46. The summed E-state index contributed by atoms with van der Waals surface area (Å²) in [6.45, 7) is 4.13. The molecule has 2 aromatic heterocycles. The third kappa shape index (κ3) is 5.22. The quantitative estimate of drug-likeness (QED) is 0.268. The van der Waals surface area contributed by atoms with Crippen LogP contribution in [0.2, 0.25) is 0 Å². The summed E-state index contributed by atoms with van der Waals surface area (Å²) >= 11 is 0. The first kappa shape index (κ1) is 26.9. The normalized spacial score (nSPS) is 22.0. The number of hydrogen-bond donors (Lipinski definition) is 1. The van der Waals surface area contributed by atoms with Crippen molar-refractivity contribution in [2.45, 2.75) is 69.4 Å². The van der Waals surface area contributed by atoms with Gasteiger partial charge in [0.25, 0.3) is 0 Å². The first-order chi connectivity index (χ1) is 20.4. The maximum Gasteiger partial charge on any atom is 0.339 e. The zero-order valence-corrected chi connectivity index (χ0v) is 24.3. The lowest BCUT2D eigenvalue weighted by atomic mass is 9.86. The van der Waals surface area contributed by atoms with Gasteiger partial charge in [0, 0.05) is 31.1 Å². The van der Waals surface area contributed by atoms with Crippen LogP contribution in [-0.2, 0) is 0 Å². The van der Waals surface area contributed by atoms with Gasteiger partial charge in [-0.1, -0.05) is 48.7 Å². The van der Waals surface area contributed by atoms with Crippen molar-refractivity contribution in [3.63, 3.8) is 0 Å². The fraction of sp³-hybridized carbons (Fsp3) is 0.455. The van der Waals surface area contributed by atoms with E-state index in [2.05, 4.69) is 58.5 Å². The average molecular weight is 567 g/mol. The number of carbonyl (C=O) groups is 1. The van der Waals surface area contributed by atoms with Gasteiger partial charge in [-0.2, -0.15) is 5.10 Å². The van der Waals surface area contributed by atoms with Crippen LogP contribution in [0.15, 0.2) is 60.9 Å². The first-order valence-corrected chi connectivity index (χ1v) is 15.2. The zero-order chi connectivity index (χ0) is 28.8. The second kappa shape index (κ2) is 11.0. The Morgan fingerprint density at radius 3 is 2.55 bits per heavy atom. The Labute approximate surface area is 246 Å². The van der Waals surface area contributed by atoms with Gasteiger partial charge in [-0.3, -0.25) is 0 Å². The van der Waals surface area contributed by atoms with Crippen LogP contribution in [0, 0.1) is 5.92 Å². The van der Waals surface area contributed by atoms with Gasteiger partial charge in [0.05, 0.1) is 35.4 Å². The molecule has 2 aromatic carbocycles. The lowest BCUT2D eigenvalue weighted by Crippen LogP contribution is -2.45. The summed E-state index contributed by atoms with van der Waals surface area (Å²) in [5.74, 6) is 0.688. The molecule has 9 nitrogen and oxygen atoms in total. The van der Waals surface area contributed by atoms with Crippen LogP contribution >= 0.6 is 0 Å². The highest BCUT2D eigenvalue weighted by molar-refractivity contribution is 5.89. The molecule has 42 heavy (non-hydrogen) atoms. The molecule has 0 spiro atoms. The third-order valence-corrected chi connectivity index (χ3v) is 9.40. The number of rotatable bonds is 9. The van der Waals surface area contributed by atoms with E-state index in [-0.39, 0.29) is 23.5 Å². The number of likely N-dealkylation sites (tertiary alicyclic amines) is 1. The number of likely N-dealkylation sites (N-methyl/N-ethyl adjacent to an activating group) is 1. The van der Waals surface area contributed by atoms with Crippen LogP contribution in [-0.4, -0.2) is 67.0 Å². The minimum absolute atomic E-state index is 0.0227. The van der Waals surface area contributed by atoms with Crippen LogP contribution in [0.1, 0.15) is 85.1 Å². The van der Waals surface area contributed by atoms with Gasteiger partial charge in [-0.15, -0.1) is 5.10 Å². The number of nitrogens with zero attached hydrogens (tertiary/aromatic N) is 6. The molecule has 3 heterocycles. The third-order valence-electron chi connectivity index (χ3n) is 9.40. The molecular weight excluding hydrogens is 528 g/mol. The molecule has 3 atom stereocenters. The van der Waals surface area contributed by atoms with Gasteiger partial charge in [0.2, 0.25) is 0 Å². The number of benzene rings is 2. The minimum atomic E-state index is -0.962. The molecule has 0 unspecified atom stereocenters. The molecular formula is C33H38N6O3. The van der Waals surface area contributed by atoms with Gasteiger partial charge in [0.15, 0.2) is 0 Å². The molecule has 1 N–H and O–H groups in total. The number of carboxylic acid groups (broad SMARTS) is 1. The Bertz CT molecular complexity index is 1580. The minimum Gasteiger partial charge on any atom is -0.490 e. The molecule has 7 rings (SSSR count). The van der Waals surface area contributed by atoms with Gasteiger partial charge in [0.1, 0.15) is 11.3 Å². The molecule has 9 heteroatoms. The molecule has 0 amide bonds. The maximum absolute atomic E-state index is 12.2. The van der Waals surface area contributed by atoms with E-state index in [1.807, 2.05) is 35.1 Å². The largest absolute Gasteiger partial charge is 0.490 e. The van der Waals surface area contributed by atoms with Crippen LogP contribution < -0.4 is 4.74 Å². The molecule has 218 valence electrons. The molecule has 1 saturated heterocycles. The van der Waals surface area contributed by atoms with E-state index in [4.69, 9.17) is 4.74 Å². The van der Waals surface area contributed by atoms with E-state index in [1.165, 1.54) is 38.3 Å². The second-order valence-corrected chi connectivity index (χ2v) is 12.4. The molecule has 3 aliphatic rings. The van der Waals surface area contributed by atoms with Crippen molar-refractivity contribution in [1.29, 1.82) is 0 Å². The molecule has 3 fully saturated rings. The number of hydrogen-bond acceptors (Lipinski definition) is 6. The SMILES string of the molecule is C[C@H](Oc1cccc(-c2cccc(-n3ncc(C(=O)O)c3[C@@H]3C[C@H]3c3cn(C4CN(C)C4)nn3)c2)c1)C1CCCCC1. The average Bonchev–Trinajstić information content (AvgIpc) is 3.40. The van der Waals surface area contributed by atoms with Crippen LogP contribution in [0.3, 0.4) is 0 Å².